The second-order valence-electron chi connectivity index (χ2n) is 10.2. The number of benzene rings is 1. The molecule has 0 saturated carbocycles. The third-order valence-corrected chi connectivity index (χ3v) is 7.69. The number of rotatable bonds is 15. The number of amides is 2. The summed E-state index contributed by atoms with van der Waals surface area (Å²) >= 11 is 1.18. The number of ether oxygens (including phenoxy) is 2. The Kier molecular flexibility index (Phi) is 20.9. The van der Waals surface area contributed by atoms with Crippen molar-refractivity contribution in [3.05, 3.63) is 45.9 Å². The maximum absolute atomic E-state index is 13.0. The van der Waals surface area contributed by atoms with Crippen molar-refractivity contribution < 1.29 is 29.0 Å². The lowest BCUT2D eigenvalue weighted by Crippen LogP contribution is -2.44. The summed E-state index contributed by atoms with van der Waals surface area (Å²) < 4.78 is 9.94. The maximum Gasteiger partial charge on any atom is 0.305 e. The molecule has 244 valence electrons. The van der Waals surface area contributed by atoms with E-state index >= 15 is 0 Å². The summed E-state index contributed by atoms with van der Waals surface area (Å²) in [7, 11) is 4.59. The number of thiazole rings is 1. The first kappa shape index (κ1) is 40.0. The molecule has 1 aromatic carbocycles. The van der Waals surface area contributed by atoms with E-state index in [1.165, 1.54) is 31.3 Å². The topological polar surface area (TPSA) is 144 Å². The molecule has 43 heavy (non-hydrogen) atoms. The Balaban J connectivity index is 0.00000270. The van der Waals surface area contributed by atoms with Gasteiger partial charge in [0.25, 0.3) is 5.91 Å². The van der Waals surface area contributed by atoms with Gasteiger partial charge < -0.3 is 30.5 Å². The molecule has 11 heteroatoms. The van der Waals surface area contributed by atoms with Gasteiger partial charge in [-0.2, -0.15) is 0 Å². The molecule has 3 unspecified atom stereocenters. The number of nitrogens with zero attached hydrogens (tertiary/aromatic N) is 2. The lowest BCUT2D eigenvalue weighted by molar-refractivity contribution is -0.140. The molecule has 10 nitrogen and oxygen atoms in total. The summed E-state index contributed by atoms with van der Waals surface area (Å²) in [4.78, 5) is 42.7. The van der Waals surface area contributed by atoms with Gasteiger partial charge in [0.1, 0.15) is 22.6 Å². The van der Waals surface area contributed by atoms with E-state index in [9.17, 15) is 19.5 Å². The molecular formula is C32H54N4O6S. The molecule has 0 aliphatic heterocycles. The normalized spacial score (nSPS) is 12.5. The standard InChI is InChI=1S/C26H38N4O6S.C4H10.C2H6/c1-16(2)21(30(3)23(32)14-27)13-22(31)26-29-20(15-37-26)25(34)28-18(8-11-24(33)36-5)12-17-6-9-19(35-4)10-7-17;1-3-4-2;1-2/h6-7,9-10,15-16,18,21-22,31H,8,11-14,27H2,1-5H3,(H,28,34);3-4H2,1-2H3;1-2H3. The highest BCUT2D eigenvalue weighted by Crippen LogP contribution is 2.27. The van der Waals surface area contributed by atoms with Crippen LogP contribution in [-0.4, -0.2) is 72.7 Å². The zero-order valence-corrected chi connectivity index (χ0v) is 28.3. The van der Waals surface area contributed by atoms with Gasteiger partial charge in [-0.25, -0.2) is 4.98 Å². The molecule has 0 fully saturated rings. The Morgan fingerprint density at radius 3 is 2.19 bits per heavy atom. The zero-order chi connectivity index (χ0) is 32.9. The predicted molar refractivity (Wildman–Crippen MR) is 173 cm³/mol. The number of carbonyl (C=O) groups excluding carboxylic acids is 3. The number of hydrogen-bond acceptors (Lipinski definition) is 9. The number of esters is 1. The Labute approximate surface area is 262 Å². The second-order valence-corrected chi connectivity index (χ2v) is 11.1. The number of hydrogen-bond donors (Lipinski definition) is 3. The number of aliphatic hydroxyl groups is 1. The van der Waals surface area contributed by atoms with Crippen LogP contribution in [0.4, 0.5) is 0 Å². The molecule has 1 heterocycles. The fourth-order valence-corrected chi connectivity index (χ4v) is 4.80. The van der Waals surface area contributed by atoms with Crippen LogP contribution in [0.2, 0.25) is 0 Å². The highest BCUT2D eigenvalue weighted by atomic mass is 32.1. The summed E-state index contributed by atoms with van der Waals surface area (Å²) in [5, 5.41) is 15.8. The van der Waals surface area contributed by atoms with Crippen molar-refractivity contribution in [3.8, 4) is 5.75 Å². The first-order valence-corrected chi connectivity index (χ1v) is 16.0. The highest BCUT2D eigenvalue weighted by molar-refractivity contribution is 7.09. The lowest BCUT2D eigenvalue weighted by atomic mass is 9.96. The summed E-state index contributed by atoms with van der Waals surface area (Å²) in [5.41, 5.74) is 6.65. The molecule has 0 aliphatic carbocycles. The van der Waals surface area contributed by atoms with E-state index in [4.69, 9.17) is 15.2 Å². The Hall–Kier alpha value is -3.02. The van der Waals surface area contributed by atoms with E-state index < -0.39 is 12.0 Å². The molecule has 2 aromatic rings. The minimum Gasteiger partial charge on any atom is -0.497 e. The third-order valence-electron chi connectivity index (χ3n) is 6.74. The number of aromatic nitrogens is 1. The molecule has 0 saturated heterocycles. The predicted octanol–water partition coefficient (Wildman–Crippen LogP) is 5.14. The van der Waals surface area contributed by atoms with Gasteiger partial charge >= 0.3 is 5.97 Å². The monoisotopic (exact) mass is 622 g/mol. The van der Waals surface area contributed by atoms with Crippen molar-refractivity contribution >= 4 is 29.1 Å². The van der Waals surface area contributed by atoms with Gasteiger partial charge in [0.15, 0.2) is 0 Å². The number of nitrogens with two attached hydrogens (primary N) is 1. The van der Waals surface area contributed by atoms with E-state index in [0.717, 1.165) is 11.3 Å². The van der Waals surface area contributed by atoms with Crippen LogP contribution in [0.15, 0.2) is 29.6 Å². The number of methoxy groups -OCH3 is 2. The fourth-order valence-electron chi connectivity index (χ4n) is 4.01. The van der Waals surface area contributed by atoms with Crippen molar-refractivity contribution in [1.29, 1.82) is 0 Å². The SMILES string of the molecule is CC.CCCC.COC(=O)CCC(Cc1ccc(OC)cc1)NC(=O)c1csc(C(O)CC(C(C)C)N(C)C(=O)CN)n1. The van der Waals surface area contributed by atoms with E-state index in [1.807, 2.05) is 52.0 Å². The van der Waals surface area contributed by atoms with Crippen LogP contribution in [0.5, 0.6) is 5.75 Å². The Morgan fingerprint density at radius 1 is 1.09 bits per heavy atom. The van der Waals surface area contributed by atoms with Crippen molar-refractivity contribution in [2.75, 3.05) is 27.8 Å². The fraction of sp³-hybridized carbons (Fsp3) is 0.625. The lowest BCUT2D eigenvalue weighted by Gasteiger charge is -2.32. The molecular weight excluding hydrogens is 568 g/mol. The van der Waals surface area contributed by atoms with Crippen LogP contribution in [0.3, 0.4) is 0 Å². The minimum absolute atomic E-state index is 0.0893. The van der Waals surface area contributed by atoms with Crippen molar-refractivity contribution in [2.45, 2.75) is 98.3 Å². The van der Waals surface area contributed by atoms with Gasteiger partial charge in [-0.3, -0.25) is 14.4 Å². The van der Waals surface area contributed by atoms with Crippen LogP contribution >= 0.6 is 11.3 Å². The quantitative estimate of drug-likeness (QED) is 0.232. The summed E-state index contributed by atoms with van der Waals surface area (Å²) in [5.74, 6) is -0.142. The van der Waals surface area contributed by atoms with Crippen LogP contribution < -0.4 is 15.8 Å². The molecule has 1 aromatic heterocycles. The van der Waals surface area contributed by atoms with Gasteiger partial charge in [-0.15, -0.1) is 11.3 Å². The Morgan fingerprint density at radius 2 is 1.70 bits per heavy atom. The van der Waals surface area contributed by atoms with Gasteiger partial charge in [0.2, 0.25) is 5.91 Å². The van der Waals surface area contributed by atoms with Crippen LogP contribution in [-0.2, 0) is 20.7 Å². The maximum atomic E-state index is 13.0. The average molecular weight is 623 g/mol. The first-order valence-electron chi connectivity index (χ1n) is 15.1. The molecule has 3 atom stereocenters. The molecule has 0 spiro atoms. The summed E-state index contributed by atoms with van der Waals surface area (Å²) in [6.07, 6.45) is 3.02. The molecule has 0 aliphatic rings. The second kappa shape index (κ2) is 22.5. The number of nitrogens with one attached hydrogen (secondary N) is 1. The molecule has 4 N–H and O–H groups in total. The smallest absolute Gasteiger partial charge is 0.305 e. The minimum atomic E-state index is -0.943. The van der Waals surface area contributed by atoms with E-state index in [-0.39, 0.29) is 55.0 Å². The van der Waals surface area contributed by atoms with Gasteiger partial charge in [0.05, 0.1) is 20.8 Å². The van der Waals surface area contributed by atoms with Crippen LogP contribution in [0.25, 0.3) is 0 Å². The zero-order valence-electron chi connectivity index (χ0n) is 27.5. The Bertz CT molecular complexity index is 1060. The van der Waals surface area contributed by atoms with Crippen molar-refractivity contribution in [3.63, 3.8) is 0 Å². The summed E-state index contributed by atoms with van der Waals surface area (Å²) in [6, 6.07) is 6.92. The van der Waals surface area contributed by atoms with Gasteiger partial charge in [0, 0.05) is 37.4 Å². The van der Waals surface area contributed by atoms with Crippen LogP contribution in [0.1, 0.15) is 101 Å². The highest BCUT2D eigenvalue weighted by Gasteiger charge is 2.27. The molecule has 2 amide bonds. The van der Waals surface area contributed by atoms with Crippen LogP contribution in [0, 0.1) is 5.92 Å². The van der Waals surface area contributed by atoms with Crippen molar-refractivity contribution in [1.82, 2.24) is 15.2 Å². The molecule has 0 radical (unpaired) electrons. The van der Waals surface area contributed by atoms with Crippen molar-refractivity contribution in [2.24, 2.45) is 11.7 Å². The number of unbranched alkanes of at least 4 members (excludes halogenated alkanes) is 1. The molecule has 2 rings (SSSR count). The van der Waals surface area contributed by atoms with Gasteiger partial charge in [-0.05, 0) is 36.5 Å². The number of carbonyl (C=O) groups is 3. The van der Waals surface area contributed by atoms with E-state index in [2.05, 4.69) is 24.1 Å². The first-order chi connectivity index (χ1) is 20.5. The van der Waals surface area contributed by atoms with E-state index in [0.29, 0.717) is 17.8 Å². The number of aliphatic hydroxyl groups excluding tert-OH is 1. The molecule has 0 bridgehead atoms. The van der Waals surface area contributed by atoms with E-state index in [1.54, 1.807) is 24.4 Å². The third kappa shape index (κ3) is 14.8. The average Bonchev–Trinajstić information content (AvgIpc) is 3.53. The number of likely N-dealkylation sites (N-methyl/N-ethyl adjacent to an activating group) is 1. The largest absolute Gasteiger partial charge is 0.497 e. The summed E-state index contributed by atoms with van der Waals surface area (Å²) in [6.45, 7) is 12.2. The van der Waals surface area contributed by atoms with Gasteiger partial charge in [-0.1, -0.05) is 66.5 Å².